The molecule has 0 aliphatic heterocycles. The molecule has 0 fully saturated rings. The van der Waals surface area contributed by atoms with Crippen LogP contribution in [0.2, 0.25) is 0 Å². The predicted octanol–water partition coefficient (Wildman–Crippen LogP) is 2.23. The number of aliphatic hydroxyl groups excluding tert-OH is 1. The number of aliphatic hydroxyl groups is 1. The van der Waals surface area contributed by atoms with E-state index < -0.39 is 0 Å². The van der Waals surface area contributed by atoms with Crippen molar-refractivity contribution in [3.8, 4) is 5.75 Å². The standard InChI is InChI=1S/C11H13FO2/c1-8(7-13)3-9-4-10(12)6-11(5-9)14-2/h3-6,13H,7H2,1-2H3/b8-3-. The summed E-state index contributed by atoms with van der Waals surface area (Å²) >= 11 is 0. The third-order valence-electron chi connectivity index (χ3n) is 1.79. The summed E-state index contributed by atoms with van der Waals surface area (Å²) in [7, 11) is 1.49. The van der Waals surface area contributed by atoms with E-state index in [0.717, 1.165) is 5.57 Å². The van der Waals surface area contributed by atoms with Gasteiger partial charge >= 0.3 is 0 Å². The average molecular weight is 196 g/mol. The van der Waals surface area contributed by atoms with Crippen LogP contribution in [-0.4, -0.2) is 18.8 Å². The van der Waals surface area contributed by atoms with Gasteiger partial charge in [-0.3, -0.25) is 0 Å². The number of hydrogen-bond donors (Lipinski definition) is 1. The molecular weight excluding hydrogens is 183 g/mol. The molecule has 0 unspecified atom stereocenters. The Morgan fingerprint density at radius 2 is 2.21 bits per heavy atom. The summed E-state index contributed by atoms with van der Waals surface area (Å²) in [6.45, 7) is 1.75. The van der Waals surface area contributed by atoms with Crippen molar-refractivity contribution in [3.05, 3.63) is 35.2 Å². The second-order valence-electron chi connectivity index (χ2n) is 3.07. The maximum Gasteiger partial charge on any atom is 0.127 e. The van der Waals surface area contributed by atoms with Crippen LogP contribution < -0.4 is 4.74 Å². The van der Waals surface area contributed by atoms with E-state index in [-0.39, 0.29) is 12.4 Å². The van der Waals surface area contributed by atoms with Gasteiger partial charge in [0.25, 0.3) is 0 Å². The van der Waals surface area contributed by atoms with E-state index in [1.54, 1.807) is 19.1 Å². The van der Waals surface area contributed by atoms with Gasteiger partial charge in [-0.15, -0.1) is 0 Å². The zero-order valence-electron chi connectivity index (χ0n) is 8.25. The molecule has 0 atom stereocenters. The summed E-state index contributed by atoms with van der Waals surface area (Å²) < 4.78 is 17.9. The van der Waals surface area contributed by atoms with Gasteiger partial charge < -0.3 is 9.84 Å². The van der Waals surface area contributed by atoms with Gasteiger partial charge in [0.05, 0.1) is 13.7 Å². The molecule has 0 heterocycles. The highest BCUT2D eigenvalue weighted by molar-refractivity contribution is 5.54. The van der Waals surface area contributed by atoms with Crippen molar-refractivity contribution in [1.29, 1.82) is 0 Å². The van der Waals surface area contributed by atoms with Gasteiger partial charge in [-0.2, -0.15) is 0 Å². The van der Waals surface area contributed by atoms with Crippen LogP contribution >= 0.6 is 0 Å². The number of ether oxygens (including phenoxy) is 1. The van der Waals surface area contributed by atoms with Gasteiger partial charge in [0.2, 0.25) is 0 Å². The lowest BCUT2D eigenvalue weighted by molar-refractivity contribution is 0.332. The van der Waals surface area contributed by atoms with Crippen LogP contribution in [0.3, 0.4) is 0 Å². The van der Waals surface area contributed by atoms with Crippen molar-refractivity contribution in [3.63, 3.8) is 0 Å². The molecule has 0 amide bonds. The van der Waals surface area contributed by atoms with Crippen molar-refractivity contribution in [2.24, 2.45) is 0 Å². The summed E-state index contributed by atoms with van der Waals surface area (Å²) in [5, 5.41) is 8.80. The Balaban J connectivity index is 3.03. The molecule has 0 radical (unpaired) electrons. The monoisotopic (exact) mass is 196 g/mol. The van der Waals surface area contributed by atoms with Gasteiger partial charge in [-0.1, -0.05) is 6.08 Å². The van der Waals surface area contributed by atoms with Crippen molar-refractivity contribution in [2.75, 3.05) is 13.7 Å². The summed E-state index contributed by atoms with van der Waals surface area (Å²) in [5.74, 6) is 0.128. The first-order valence-electron chi connectivity index (χ1n) is 4.28. The first-order valence-corrected chi connectivity index (χ1v) is 4.28. The van der Waals surface area contributed by atoms with Crippen LogP contribution in [0.5, 0.6) is 5.75 Å². The lowest BCUT2D eigenvalue weighted by atomic mass is 10.1. The van der Waals surface area contributed by atoms with E-state index in [0.29, 0.717) is 11.3 Å². The molecule has 14 heavy (non-hydrogen) atoms. The first-order chi connectivity index (χ1) is 6.65. The zero-order valence-corrected chi connectivity index (χ0v) is 8.25. The van der Waals surface area contributed by atoms with E-state index >= 15 is 0 Å². The van der Waals surface area contributed by atoms with Crippen LogP contribution in [0.15, 0.2) is 23.8 Å². The Morgan fingerprint density at radius 1 is 1.50 bits per heavy atom. The molecule has 0 aliphatic rings. The molecule has 1 aromatic carbocycles. The summed E-state index contributed by atoms with van der Waals surface area (Å²) in [4.78, 5) is 0. The van der Waals surface area contributed by atoms with E-state index in [4.69, 9.17) is 9.84 Å². The maximum atomic E-state index is 13.0. The molecule has 76 valence electrons. The molecule has 0 spiro atoms. The highest BCUT2D eigenvalue weighted by Gasteiger charge is 1.99. The molecule has 1 aromatic rings. The Labute approximate surface area is 82.6 Å². The van der Waals surface area contributed by atoms with Crippen LogP contribution in [0.25, 0.3) is 6.08 Å². The lowest BCUT2D eigenvalue weighted by Crippen LogP contribution is -1.88. The minimum atomic E-state index is -0.346. The highest BCUT2D eigenvalue weighted by atomic mass is 19.1. The number of hydrogen-bond acceptors (Lipinski definition) is 2. The van der Waals surface area contributed by atoms with Gasteiger partial charge in [0.1, 0.15) is 11.6 Å². The van der Waals surface area contributed by atoms with Crippen LogP contribution in [0, 0.1) is 5.82 Å². The molecule has 0 saturated carbocycles. The highest BCUT2D eigenvalue weighted by Crippen LogP contribution is 2.17. The molecule has 0 bridgehead atoms. The van der Waals surface area contributed by atoms with Crippen molar-refractivity contribution in [1.82, 2.24) is 0 Å². The summed E-state index contributed by atoms with van der Waals surface area (Å²) in [5.41, 5.74) is 1.46. The fraction of sp³-hybridized carbons (Fsp3) is 0.273. The van der Waals surface area contributed by atoms with Crippen LogP contribution in [-0.2, 0) is 0 Å². The molecule has 3 heteroatoms. The lowest BCUT2D eigenvalue weighted by Gasteiger charge is -2.02. The van der Waals surface area contributed by atoms with Crippen molar-refractivity contribution >= 4 is 6.08 Å². The fourth-order valence-corrected chi connectivity index (χ4v) is 1.12. The first kappa shape index (κ1) is 10.7. The minimum absolute atomic E-state index is 0.0289. The van der Waals surface area contributed by atoms with Crippen molar-refractivity contribution in [2.45, 2.75) is 6.92 Å². The van der Waals surface area contributed by atoms with Gasteiger partial charge in [0, 0.05) is 6.07 Å². The molecular formula is C11H13FO2. The minimum Gasteiger partial charge on any atom is -0.497 e. The fourth-order valence-electron chi connectivity index (χ4n) is 1.12. The smallest absolute Gasteiger partial charge is 0.127 e. The molecule has 2 nitrogen and oxygen atoms in total. The number of benzene rings is 1. The summed E-state index contributed by atoms with van der Waals surface area (Å²) in [6, 6.07) is 4.41. The van der Waals surface area contributed by atoms with Crippen molar-refractivity contribution < 1.29 is 14.2 Å². The quantitative estimate of drug-likeness (QED) is 0.803. The predicted molar refractivity (Wildman–Crippen MR) is 53.7 cm³/mol. The Kier molecular flexibility index (Phi) is 3.65. The molecule has 0 saturated heterocycles. The normalized spacial score (nSPS) is 11.6. The molecule has 0 aliphatic carbocycles. The average Bonchev–Trinajstić information content (AvgIpc) is 2.16. The Hall–Kier alpha value is -1.35. The number of rotatable bonds is 3. The SMILES string of the molecule is COc1cc(F)cc(/C=C(/C)CO)c1. The number of halogens is 1. The number of methoxy groups -OCH3 is 1. The summed E-state index contributed by atoms with van der Waals surface area (Å²) in [6.07, 6.45) is 1.71. The molecule has 1 N–H and O–H groups in total. The molecule has 0 aromatic heterocycles. The van der Waals surface area contributed by atoms with E-state index in [1.165, 1.54) is 19.2 Å². The maximum absolute atomic E-state index is 13.0. The van der Waals surface area contributed by atoms with Gasteiger partial charge in [0.15, 0.2) is 0 Å². The van der Waals surface area contributed by atoms with E-state index in [1.807, 2.05) is 0 Å². The second kappa shape index (κ2) is 4.77. The van der Waals surface area contributed by atoms with E-state index in [9.17, 15) is 4.39 Å². The Bertz CT molecular complexity index is 345. The third kappa shape index (κ3) is 2.85. The third-order valence-corrected chi connectivity index (χ3v) is 1.79. The van der Waals surface area contributed by atoms with E-state index in [2.05, 4.69) is 0 Å². The van der Waals surface area contributed by atoms with Gasteiger partial charge in [-0.05, 0) is 30.2 Å². The largest absolute Gasteiger partial charge is 0.497 e. The second-order valence-corrected chi connectivity index (χ2v) is 3.07. The topological polar surface area (TPSA) is 29.5 Å². The van der Waals surface area contributed by atoms with Crippen LogP contribution in [0.4, 0.5) is 4.39 Å². The zero-order chi connectivity index (χ0) is 10.6. The molecule has 1 rings (SSSR count). The van der Waals surface area contributed by atoms with Gasteiger partial charge in [-0.25, -0.2) is 4.39 Å². The Morgan fingerprint density at radius 3 is 2.79 bits per heavy atom. The van der Waals surface area contributed by atoms with Crippen LogP contribution in [0.1, 0.15) is 12.5 Å².